The van der Waals surface area contributed by atoms with Crippen LogP contribution in [0.3, 0.4) is 0 Å². The van der Waals surface area contributed by atoms with Crippen LogP contribution in [-0.4, -0.2) is 59.9 Å². The molecule has 162 valence electrons. The molecule has 0 unspecified atom stereocenters. The molecule has 4 amide bonds. The molecule has 1 aliphatic carbocycles. The number of amides is 4. The second-order valence-corrected chi connectivity index (χ2v) is 8.89. The number of anilines is 1. The highest BCUT2D eigenvalue weighted by atomic mass is 16.2. The molecule has 7 nitrogen and oxygen atoms in total. The zero-order chi connectivity index (χ0) is 21.1. The molecule has 1 N–H and O–H groups in total. The van der Waals surface area contributed by atoms with E-state index in [1.54, 1.807) is 11.9 Å². The Labute approximate surface area is 178 Å². The van der Waals surface area contributed by atoms with Crippen molar-refractivity contribution < 1.29 is 14.4 Å². The molecule has 0 bridgehead atoms. The molecule has 3 aliphatic rings. The van der Waals surface area contributed by atoms with E-state index in [1.165, 1.54) is 29.8 Å². The molecule has 7 heteroatoms. The van der Waals surface area contributed by atoms with Gasteiger partial charge in [-0.15, -0.1) is 0 Å². The van der Waals surface area contributed by atoms with Crippen molar-refractivity contribution in [2.24, 2.45) is 0 Å². The van der Waals surface area contributed by atoms with Crippen LogP contribution in [0.5, 0.6) is 0 Å². The quantitative estimate of drug-likeness (QED) is 0.729. The molecule has 0 aromatic heterocycles. The number of hydrogen-bond acceptors (Lipinski definition) is 4. The lowest BCUT2D eigenvalue weighted by Crippen LogP contribution is -2.44. The molecule has 1 aromatic rings. The maximum Gasteiger partial charge on any atom is 0.325 e. The molecule has 2 aliphatic heterocycles. The number of urea groups is 1. The van der Waals surface area contributed by atoms with Crippen molar-refractivity contribution in [2.75, 3.05) is 31.6 Å². The minimum absolute atomic E-state index is 0.0666. The average molecular weight is 413 g/mol. The summed E-state index contributed by atoms with van der Waals surface area (Å²) in [5.74, 6) is -0.225. The average Bonchev–Trinajstić information content (AvgIpc) is 3.32. The third kappa shape index (κ3) is 4.16. The predicted molar refractivity (Wildman–Crippen MR) is 115 cm³/mol. The van der Waals surface area contributed by atoms with Crippen LogP contribution in [0.1, 0.15) is 56.9 Å². The van der Waals surface area contributed by atoms with Gasteiger partial charge >= 0.3 is 6.03 Å². The van der Waals surface area contributed by atoms with Crippen molar-refractivity contribution in [3.63, 3.8) is 0 Å². The fraction of sp³-hybridized carbons (Fsp3) is 0.609. The lowest BCUT2D eigenvalue weighted by atomic mass is 9.98. The van der Waals surface area contributed by atoms with Crippen molar-refractivity contribution in [2.45, 2.75) is 63.5 Å². The third-order valence-corrected chi connectivity index (χ3v) is 6.76. The number of nitrogens with zero attached hydrogens (tertiary/aromatic N) is 3. The summed E-state index contributed by atoms with van der Waals surface area (Å²) < 4.78 is 0. The van der Waals surface area contributed by atoms with Gasteiger partial charge in [0, 0.05) is 45.3 Å². The van der Waals surface area contributed by atoms with E-state index in [2.05, 4.69) is 34.5 Å². The topological polar surface area (TPSA) is 73.0 Å². The Bertz CT molecular complexity index is 795. The first-order valence-corrected chi connectivity index (χ1v) is 11.2. The maximum atomic E-state index is 12.7. The Hall–Kier alpha value is -2.57. The van der Waals surface area contributed by atoms with Crippen LogP contribution in [0.2, 0.25) is 0 Å². The zero-order valence-electron chi connectivity index (χ0n) is 17.9. The number of hydrogen-bond donors (Lipinski definition) is 1. The van der Waals surface area contributed by atoms with Gasteiger partial charge in [0.1, 0.15) is 5.54 Å². The van der Waals surface area contributed by atoms with Gasteiger partial charge in [-0.05, 0) is 49.8 Å². The first kappa shape index (κ1) is 20.7. The molecule has 2 heterocycles. The third-order valence-electron chi connectivity index (χ3n) is 6.76. The summed E-state index contributed by atoms with van der Waals surface area (Å²) in [4.78, 5) is 42.8. The maximum absolute atomic E-state index is 12.7. The van der Waals surface area contributed by atoms with Crippen molar-refractivity contribution in [1.82, 2.24) is 15.1 Å². The first-order chi connectivity index (χ1) is 14.5. The van der Waals surface area contributed by atoms with Crippen LogP contribution in [-0.2, 0) is 16.1 Å². The number of piperidine rings is 1. The van der Waals surface area contributed by atoms with Gasteiger partial charge in [-0.2, -0.15) is 0 Å². The number of imide groups is 1. The van der Waals surface area contributed by atoms with Crippen LogP contribution in [0, 0.1) is 0 Å². The molecule has 30 heavy (non-hydrogen) atoms. The monoisotopic (exact) mass is 412 g/mol. The number of benzene rings is 1. The van der Waals surface area contributed by atoms with E-state index in [0.717, 1.165) is 31.5 Å². The number of rotatable bonds is 6. The minimum atomic E-state index is -0.706. The van der Waals surface area contributed by atoms with E-state index >= 15 is 0 Å². The van der Waals surface area contributed by atoms with E-state index in [-0.39, 0.29) is 30.8 Å². The molecule has 0 atom stereocenters. The fourth-order valence-corrected chi connectivity index (χ4v) is 4.92. The van der Waals surface area contributed by atoms with Gasteiger partial charge < -0.3 is 15.1 Å². The SMILES string of the molecule is CN(Cc1ccc(N2CCCCC2)cc1)C(=O)CCN1C(=O)NC2(CCCC2)C1=O. The van der Waals surface area contributed by atoms with Gasteiger partial charge in [0.15, 0.2) is 0 Å². The van der Waals surface area contributed by atoms with Crippen molar-refractivity contribution in [1.29, 1.82) is 0 Å². The van der Waals surface area contributed by atoms with Gasteiger partial charge in [0.25, 0.3) is 5.91 Å². The number of carbonyl (C=O) groups excluding carboxylic acids is 3. The minimum Gasteiger partial charge on any atom is -0.372 e. The van der Waals surface area contributed by atoms with E-state index in [0.29, 0.717) is 19.4 Å². The highest BCUT2D eigenvalue weighted by Crippen LogP contribution is 2.35. The van der Waals surface area contributed by atoms with Gasteiger partial charge in [-0.3, -0.25) is 14.5 Å². The predicted octanol–water partition coefficient (Wildman–Crippen LogP) is 2.89. The van der Waals surface area contributed by atoms with Gasteiger partial charge in [-0.25, -0.2) is 4.79 Å². The Morgan fingerprint density at radius 3 is 2.37 bits per heavy atom. The summed E-state index contributed by atoms with van der Waals surface area (Å²) in [6.45, 7) is 2.89. The lowest BCUT2D eigenvalue weighted by Gasteiger charge is -2.29. The lowest BCUT2D eigenvalue weighted by molar-refractivity contribution is -0.133. The normalized spacial score (nSPS) is 20.7. The second-order valence-electron chi connectivity index (χ2n) is 8.89. The van der Waals surface area contributed by atoms with Crippen LogP contribution in [0.4, 0.5) is 10.5 Å². The summed E-state index contributed by atoms with van der Waals surface area (Å²) in [5, 5.41) is 2.86. The molecule has 1 aromatic carbocycles. The fourth-order valence-electron chi connectivity index (χ4n) is 4.92. The molecular weight excluding hydrogens is 380 g/mol. The molecule has 1 spiro atoms. The molecular formula is C23H32N4O3. The summed E-state index contributed by atoms with van der Waals surface area (Å²) in [6, 6.07) is 8.07. The number of nitrogens with one attached hydrogen (secondary N) is 1. The van der Waals surface area contributed by atoms with E-state index in [1.807, 2.05) is 0 Å². The smallest absolute Gasteiger partial charge is 0.325 e. The highest BCUT2D eigenvalue weighted by Gasteiger charge is 2.52. The molecule has 4 rings (SSSR count). The van der Waals surface area contributed by atoms with Crippen molar-refractivity contribution >= 4 is 23.5 Å². The summed E-state index contributed by atoms with van der Waals surface area (Å²) >= 11 is 0. The Kier molecular flexibility index (Phi) is 5.97. The molecule has 2 saturated heterocycles. The van der Waals surface area contributed by atoms with E-state index in [4.69, 9.17) is 0 Å². The van der Waals surface area contributed by atoms with Crippen LogP contribution in [0.15, 0.2) is 24.3 Å². The summed E-state index contributed by atoms with van der Waals surface area (Å²) in [5.41, 5.74) is 1.61. The van der Waals surface area contributed by atoms with Crippen molar-refractivity contribution in [3.8, 4) is 0 Å². The van der Waals surface area contributed by atoms with E-state index in [9.17, 15) is 14.4 Å². The highest BCUT2D eigenvalue weighted by molar-refractivity contribution is 6.07. The largest absolute Gasteiger partial charge is 0.372 e. The Balaban J connectivity index is 1.28. The summed E-state index contributed by atoms with van der Waals surface area (Å²) in [6.07, 6.45) is 7.28. The van der Waals surface area contributed by atoms with Crippen molar-refractivity contribution in [3.05, 3.63) is 29.8 Å². The van der Waals surface area contributed by atoms with Crippen LogP contribution in [0.25, 0.3) is 0 Å². The van der Waals surface area contributed by atoms with E-state index < -0.39 is 5.54 Å². The molecule has 3 fully saturated rings. The number of carbonyl (C=O) groups is 3. The Morgan fingerprint density at radius 1 is 1.03 bits per heavy atom. The van der Waals surface area contributed by atoms with Crippen LogP contribution < -0.4 is 10.2 Å². The van der Waals surface area contributed by atoms with Crippen LogP contribution >= 0.6 is 0 Å². The summed E-state index contributed by atoms with van der Waals surface area (Å²) in [7, 11) is 1.77. The van der Waals surface area contributed by atoms with Gasteiger partial charge in [0.05, 0.1) is 0 Å². The first-order valence-electron chi connectivity index (χ1n) is 11.2. The van der Waals surface area contributed by atoms with Gasteiger partial charge in [-0.1, -0.05) is 25.0 Å². The molecule has 1 saturated carbocycles. The standard InChI is InChI=1S/C23H32N4O3/c1-25(17-18-7-9-19(10-8-18)26-14-5-2-6-15-26)20(28)11-16-27-21(29)23(24-22(27)30)12-3-4-13-23/h7-10H,2-6,11-17H2,1H3,(H,24,30). The second kappa shape index (κ2) is 8.66. The zero-order valence-corrected chi connectivity index (χ0v) is 17.9. The Morgan fingerprint density at radius 2 is 1.70 bits per heavy atom. The van der Waals surface area contributed by atoms with Gasteiger partial charge in [0.2, 0.25) is 5.91 Å². The molecule has 0 radical (unpaired) electrons.